The number of ether oxygens (including phenoxy) is 2. The number of carbonyl (C=O) groups is 4. The van der Waals surface area contributed by atoms with Crippen LogP contribution < -0.4 is 15.4 Å². The lowest BCUT2D eigenvalue weighted by atomic mass is 10.1. The topological polar surface area (TPSA) is 154 Å². The van der Waals surface area contributed by atoms with Crippen LogP contribution in [0, 0.1) is 0 Å². The molecular formula is C44H56N6O7. The highest BCUT2D eigenvalue weighted by Crippen LogP contribution is 2.23. The molecule has 4 rings (SSSR count). The summed E-state index contributed by atoms with van der Waals surface area (Å²) in [5, 5.41) is 14.9. The smallest absolute Gasteiger partial charge is 0.410 e. The minimum absolute atomic E-state index is 0.00871. The largest absolute Gasteiger partial charge is 0.481 e. The first-order chi connectivity index (χ1) is 27.1. The molecule has 13 nitrogen and oxygen atoms in total. The van der Waals surface area contributed by atoms with E-state index in [1.165, 1.54) is 7.11 Å². The first-order valence-corrected chi connectivity index (χ1v) is 19.1. The summed E-state index contributed by atoms with van der Waals surface area (Å²) in [7, 11) is 5.16. The van der Waals surface area contributed by atoms with Crippen LogP contribution in [0.5, 0.6) is 5.88 Å². The van der Waals surface area contributed by atoms with Crippen LogP contribution in [0.15, 0.2) is 84.9 Å². The van der Waals surface area contributed by atoms with Crippen molar-refractivity contribution >= 4 is 35.3 Å². The van der Waals surface area contributed by atoms with Crippen molar-refractivity contribution in [2.45, 2.75) is 78.7 Å². The number of nitrogens with zero attached hydrogens (tertiary/aromatic N) is 4. The third kappa shape index (κ3) is 13.4. The highest BCUT2D eigenvalue weighted by Gasteiger charge is 2.23. The van der Waals surface area contributed by atoms with Crippen molar-refractivity contribution in [3.8, 4) is 5.88 Å². The quantitative estimate of drug-likeness (QED) is 0.0913. The van der Waals surface area contributed by atoms with Gasteiger partial charge in [-0.3, -0.25) is 19.4 Å². The molecule has 0 saturated heterocycles. The van der Waals surface area contributed by atoms with Crippen molar-refractivity contribution in [2.75, 3.05) is 44.9 Å². The maximum Gasteiger partial charge on any atom is 0.410 e. The molecule has 13 heteroatoms. The molecule has 0 aliphatic rings. The molecule has 304 valence electrons. The molecule has 0 spiro atoms. The van der Waals surface area contributed by atoms with Crippen molar-refractivity contribution in [1.29, 1.82) is 0 Å². The maximum atomic E-state index is 13.7. The third-order valence-electron chi connectivity index (χ3n) is 9.32. The number of hydrogen-bond donors (Lipinski definition) is 3. The fourth-order valence-electron chi connectivity index (χ4n) is 6.29. The molecule has 0 bridgehead atoms. The van der Waals surface area contributed by atoms with Crippen LogP contribution in [0.2, 0.25) is 0 Å². The number of carboxylic acid groups (broad SMARTS) is 1. The third-order valence-corrected chi connectivity index (χ3v) is 9.32. The predicted octanol–water partition coefficient (Wildman–Crippen LogP) is 7.78. The first kappa shape index (κ1) is 43.9. The summed E-state index contributed by atoms with van der Waals surface area (Å²) < 4.78 is 10.8. The number of carbonyl (C=O) groups excluding carboxylic acids is 3. The zero-order valence-corrected chi connectivity index (χ0v) is 34.3. The number of amides is 3. The highest BCUT2D eigenvalue weighted by molar-refractivity contribution is 6.11. The number of nitrogens with one attached hydrogen (secondary N) is 2. The Balaban J connectivity index is 1.42. The molecule has 3 N–H and O–H groups in total. The van der Waals surface area contributed by atoms with E-state index in [1.807, 2.05) is 58.2 Å². The second-order valence-electron chi connectivity index (χ2n) is 15.1. The van der Waals surface area contributed by atoms with Gasteiger partial charge in [0, 0.05) is 63.1 Å². The van der Waals surface area contributed by atoms with E-state index in [0.29, 0.717) is 44.0 Å². The van der Waals surface area contributed by atoms with Gasteiger partial charge in [0.25, 0.3) is 11.8 Å². The standard InChI is InChI=1S/C44H56N6O7/c1-9-36(10-2)50(25-24-49(7)43(55)57-44(3,4)5)29-32-12-11-13-34(26-32)40(51)46-37-22-23-38(56-8)47-39(37)41(52)45-35-20-16-31(17-21-35)28-48(6)27-30-14-18-33(19-15-30)42(53)54/h11-23,26,36H,9-10,24-25,27-29H2,1-8H3,(H,45,52)(H,46,51)(H,53,54). The zero-order valence-electron chi connectivity index (χ0n) is 34.3. The number of carboxylic acids is 1. The molecule has 0 fully saturated rings. The van der Waals surface area contributed by atoms with Crippen LogP contribution >= 0.6 is 0 Å². The number of methoxy groups -OCH3 is 1. The van der Waals surface area contributed by atoms with Crippen LogP contribution in [-0.2, 0) is 24.4 Å². The molecule has 0 atom stereocenters. The molecule has 4 aromatic rings. The van der Waals surface area contributed by atoms with Crippen molar-refractivity contribution in [1.82, 2.24) is 19.7 Å². The van der Waals surface area contributed by atoms with E-state index < -0.39 is 23.4 Å². The van der Waals surface area contributed by atoms with Gasteiger partial charge in [-0.05, 0) is 99.8 Å². The van der Waals surface area contributed by atoms with Crippen molar-refractivity contribution < 1.29 is 33.8 Å². The Bertz CT molecular complexity index is 1970. The van der Waals surface area contributed by atoms with Gasteiger partial charge < -0.3 is 30.1 Å². The van der Waals surface area contributed by atoms with Gasteiger partial charge in [-0.1, -0.05) is 50.2 Å². The molecule has 0 aliphatic carbocycles. The number of likely N-dealkylation sites (N-methyl/N-ethyl adjacent to an activating group) is 1. The molecule has 0 unspecified atom stereocenters. The van der Waals surface area contributed by atoms with E-state index in [0.717, 1.165) is 29.5 Å². The van der Waals surface area contributed by atoms with Gasteiger partial charge in [0.05, 0.1) is 18.4 Å². The van der Waals surface area contributed by atoms with Crippen LogP contribution in [0.4, 0.5) is 16.2 Å². The van der Waals surface area contributed by atoms with Crippen LogP contribution in [0.3, 0.4) is 0 Å². The SMILES string of the molecule is CCC(CC)N(CCN(C)C(=O)OC(C)(C)C)Cc1cccc(C(=O)Nc2ccc(OC)nc2C(=O)Nc2ccc(CN(C)Cc3ccc(C(=O)O)cc3)cc2)c1. The van der Waals surface area contributed by atoms with E-state index >= 15 is 0 Å². The van der Waals surface area contributed by atoms with Gasteiger partial charge in [0.15, 0.2) is 5.69 Å². The summed E-state index contributed by atoms with van der Waals surface area (Å²) in [6.07, 6.45) is 1.49. The molecule has 0 saturated carbocycles. The number of aromatic nitrogens is 1. The average Bonchev–Trinajstić information content (AvgIpc) is 3.17. The van der Waals surface area contributed by atoms with E-state index in [9.17, 15) is 19.2 Å². The highest BCUT2D eigenvalue weighted by atomic mass is 16.6. The van der Waals surface area contributed by atoms with Crippen LogP contribution in [0.25, 0.3) is 0 Å². The van der Waals surface area contributed by atoms with Gasteiger partial charge in [0.1, 0.15) is 5.60 Å². The van der Waals surface area contributed by atoms with E-state index in [2.05, 4.69) is 39.3 Å². The van der Waals surface area contributed by atoms with E-state index in [-0.39, 0.29) is 35.0 Å². The molecule has 0 aliphatic heterocycles. The van der Waals surface area contributed by atoms with Crippen molar-refractivity contribution in [2.24, 2.45) is 0 Å². The Labute approximate surface area is 336 Å². The van der Waals surface area contributed by atoms with Crippen molar-refractivity contribution in [3.63, 3.8) is 0 Å². The fraction of sp³-hybridized carbons (Fsp3) is 0.386. The van der Waals surface area contributed by atoms with Gasteiger partial charge >= 0.3 is 12.1 Å². The van der Waals surface area contributed by atoms with Gasteiger partial charge in [-0.2, -0.15) is 0 Å². The second kappa shape index (κ2) is 20.4. The van der Waals surface area contributed by atoms with E-state index in [1.54, 1.807) is 66.5 Å². The first-order valence-electron chi connectivity index (χ1n) is 19.1. The number of aromatic carboxylic acids is 1. The summed E-state index contributed by atoms with van der Waals surface area (Å²) in [6, 6.07) is 25.0. The zero-order chi connectivity index (χ0) is 41.7. The number of benzene rings is 3. The summed E-state index contributed by atoms with van der Waals surface area (Å²) in [5.74, 6) is -1.66. The minimum Gasteiger partial charge on any atom is -0.481 e. The number of pyridine rings is 1. The summed E-state index contributed by atoms with van der Waals surface area (Å²) in [4.78, 5) is 61.4. The summed E-state index contributed by atoms with van der Waals surface area (Å²) in [6.45, 7) is 12.8. The average molecular weight is 781 g/mol. The van der Waals surface area contributed by atoms with Gasteiger partial charge in [0.2, 0.25) is 5.88 Å². The lowest BCUT2D eigenvalue weighted by Crippen LogP contribution is -2.42. The molecule has 3 amide bonds. The Morgan fingerprint density at radius 2 is 1.39 bits per heavy atom. The van der Waals surface area contributed by atoms with E-state index in [4.69, 9.17) is 14.6 Å². The molecule has 0 radical (unpaired) electrons. The molecule has 3 aromatic carbocycles. The molecule has 1 heterocycles. The van der Waals surface area contributed by atoms with Crippen LogP contribution in [0.1, 0.15) is 95.4 Å². The molecule has 57 heavy (non-hydrogen) atoms. The predicted molar refractivity (Wildman–Crippen MR) is 222 cm³/mol. The maximum absolute atomic E-state index is 13.7. The molecule has 1 aromatic heterocycles. The van der Waals surface area contributed by atoms with Crippen molar-refractivity contribution in [3.05, 3.63) is 118 Å². The monoisotopic (exact) mass is 780 g/mol. The van der Waals surface area contributed by atoms with Gasteiger partial charge in [-0.25, -0.2) is 14.6 Å². The minimum atomic E-state index is -0.956. The van der Waals surface area contributed by atoms with Gasteiger partial charge in [-0.15, -0.1) is 0 Å². The number of hydrogen-bond acceptors (Lipinski definition) is 9. The summed E-state index contributed by atoms with van der Waals surface area (Å²) in [5.41, 5.74) is 3.79. The Morgan fingerprint density at radius 3 is 1.96 bits per heavy atom. The Morgan fingerprint density at radius 1 is 0.754 bits per heavy atom. The Kier molecular flexibility index (Phi) is 15.7. The fourth-order valence-corrected chi connectivity index (χ4v) is 6.29. The number of anilines is 2. The number of rotatable bonds is 18. The van der Waals surface area contributed by atoms with Crippen LogP contribution in [-0.4, -0.2) is 94.6 Å². The normalized spacial score (nSPS) is 11.4. The summed E-state index contributed by atoms with van der Waals surface area (Å²) >= 11 is 0. The lowest BCUT2D eigenvalue weighted by molar-refractivity contribution is 0.0269. The second-order valence-corrected chi connectivity index (χ2v) is 15.1. The lowest BCUT2D eigenvalue weighted by Gasteiger charge is -2.32. The molecular weight excluding hydrogens is 725 g/mol. The Hall–Kier alpha value is -5.79.